The van der Waals surface area contributed by atoms with E-state index >= 15 is 0 Å². The molecular formula is C14H30N2. The summed E-state index contributed by atoms with van der Waals surface area (Å²) in [4.78, 5) is 2.70. The Balaban J connectivity index is 2.16. The molecule has 0 radical (unpaired) electrons. The van der Waals surface area contributed by atoms with Gasteiger partial charge < -0.3 is 10.2 Å². The van der Waals surface area contributed by atoms with Crippen LogP contribution in [0.1, 0.15) is 52.9 Å². The van der Waals surface area contributed by atoms with Gasteiger partial charge >= 0.3 is 0 Å². The monoisotopic (exact) mass is 226 g/mol. The lowest BCUT2D eigenvalue weighted by Gasteiger charge is -2.36. The molecule has 0 bridgehead atoms. The molecule has 0 spiro atoms. The SMILES string of the molecule is CCCNCCC(C)N1CCCC(CC)C1. The van der Waals surface area contributed by atoms with E-state index in [0.29, 0.717) is 0 Å². The van der Waals surface area contributed by atoms with Crippen LogP contribution in [0.3, 0.4) is 0 Å². The Kier molecular flexibility index (Phi) is 7.06. The summed E-state index contributed by atoms with van der Waals surface area (Å²) >= 11 is 0. The molecule has 0 aliphatic carbocycles. The number of hydrogen-bond acceptors (Lipinski definition) is 2. The van der Waals surface area contributed by atoms with E-state index in [1.54, 1.807) is 0 Å². The molecule has 1 aliphatic rings. The van der Waals surface area contributed by atoms with Crippen molar-refractivity contribution in [2.24, 2.45) is 5.92 Å². The summed E-state index contributed by atoms with van der Waals surface area (Å²) in [5, 5.41) is 3.50. The highest BCUT2D eigenvalue weighted by atomic mass is 15.2. The molecule has 2 unspecified atom stereocenters. The molecule has 1 N–H and O–H groups in total. The quantitative estimate of drug-likeness (QED) is 0.672. The van der Waals surface area contributed by atoms with E-state index in [2.05, 4.69) is 31.0 Å². The molecule has 1 rings (SSSR count). The van der Waals surface area contributed by atoms with Crippen molar-refractivity contribution in [1.29, 1.82) is 0 Å². The van der Waals surface area contributed by atoms with E-state index in [-0.39, 0.29) is 0 Å². The molecule has 0 aromatic heterocycles. The van der Waals surface area contributed by atoms with Crippen LogP contribution in [0.5, 0.6) is 0 Å². The summed E-state index contributed by atoms with van der Waals surface area (Å²) in [6, 6.07) is 0.763. The average Bonchev–Trinajstić information content (AvgIpc) is 2.34. The van der Waals surface area contributed by atoms with Crippen LogP contribution >= 0.6 is 0 Å². The number of likely N-dealkylation sites (tertiary alicyclic amines) is 1. The van der Waals surface area contributed by atoms with Crippen molar-refractivity contribution in [3.05, 3.63) is 0 Å². The third-order valence-electron chi connectivity index (χ3n) is 3.92. The Morgan fingerprint density at radius 2 is 2.12 bits per heavy atom. The summed E-state index contributed by atoms with van der Waals surface area (Å²) in [5.41, 5.74) is 0. The van der Waals surface area contributed by atoms with Gasteiger partial charge in [0.25, 0.3) is 0 Å². The van der Waals surface area contributed by atoms with E-state index in [9.17, 15) is 0 Å². The second kappa shape index (κ2) is 8.08. The van der Waals surface area contributed by atoms with Crippen molar-refractivity contribution >= 4 is 0 Å². The molecule has 1 heterocycles. The smallest absolute Gasteiger partial charge is 0.00791 e. The molecule has 2 atom stereocenters. The van der Waals surface area contributed by atoms with Gasteiger partial charge in [-0.05, 0) is 58.2 Å². The average molecular weight is 226 g/mol. The second-order valence-electron chi connectivity index (χ2n) is 5.30. The Morgan fingerprint density at radius 3 is 2.81 bits per heavy atom. The molecule has 1 aliphatic heterocycles. The van der Waals surface area contributed by atoms with Crippen molar-refractivity contribution in [1.82, 2.24) is 10.2 Å². The summed E-state index contributed by atoms with van der Waals surface area (Å²) < 4.78 is 0. The van der Waals surface area contributed by atoms with Crippen molar-refractivity contribution in [3.8, 4) is 0 Å². The number of nitrogens with one attached hydrogen (secondary N) is 1. The first-order valence-electron chi connectivity index (χ1n) is 7.22. The molecule has 1 saturated heterocycles. The highest BCUT2D eigenvalue weighted by Gasteiger charge is 2.21. The molecule has 96 valence electrons. The van der Waals surface area contributed by atoms with Gasteiger partial charge in [0.2, 0.25) is 0 Å². The van der Waals surface area contributed by atoms with E-state index in [1.807, 2.05) is 0 Å². The first-order chi connectivity index (χ1) is 7.77. The summed E-state index contributed by atoms with van der Waals surface area (Å²) in [6.45, 7) is 12.0. The van der Waals surface area contributed by atoms with Crippen molar-refractivity contribution in [2.75, 3.05) is 26.2 Å². The van der Waals surface area contributed by atoms with E-state index in [4.69, 9.17) is 0 Å². The number of rotatable bonds is 7. The minimum atomic E-state index is 0.763. The van der Waals surface area contributed by atoms with Crippen LogP contribution in [0.25, 0.3) is 0 Å². The number of hydrogen-bond donors (Lipinski definition) is 1. The van der Waals surface area contributed by atoms with Gasteiger partial charge in [-0.3, -0.25) is 0 Å². The maximum absolute atomic E-state index is 3.50. The van der Waals surface area contributed by atoms with Gasteiger partial charge in [-0.2, -0.15) is 0 Å². The summed E-state index contributed by atoms with van der Waals surface area (Å²) in [5.74, 6) is 0.958. The lowest BCUT2D eigenvalue weighted by atomic mass is 9.94. The fourth-order valence-corrected chi connectivity index (χ4v) is 2.63. The minimum absolute atomic E-state index is 0.763. The number of piperidine rings is 1. The first-order valence-corrected chi connectivity index (χ1v) is 7.22. The Labute approximate surface area is 102 Å². The second-order valence-corrected chi connectivity index (χ2v) is 5.30. The molecule has 0 aromatic rings. The zero-order valence-corrected chi connectivity index (χ0v) is 11.5. The predicted molar refractivity (Wildman–Crippen MR) is 71.8 cm³/mol. The van der Waals surface area contributed by atoms with Crippen LogP contribution in [0, 0.1) is 5.92 Å². The maximum atomic E-state index is 3.50. The Morgan fingerprint density at radius 1 is 1.31 bits per heavy atom. The predicted octanol–water partition coefficient (Wildman–Crippen LogP) is 2.89. The van der Waals surface area contributed by atoms with Gasteiger partial charge in [-0.25, -0.2) is 0 Å². The van der Waals surface area contributed by atoms with Crippen LogP contribution in [0.4, 0.5) is 0 Å². The zero-order chi connectivity index (χ0) is 11.8. The normalized spacial score (nSPS) is 24.6. The molecule has 1 fully saturated rings. The van der Waals surface area contributed by atoms with Crippen LogP contribution < -0.4 is 5.32 Å². The number of nitrogens with zero attached hydrogens (tertiary/aromatic N) is 1. The molecule has 0 saturated carbocycles. The molecular weight excluding hydrogens is 196 g/mol. The van der Waals surface area contributed by atoms with Crippen LogP contribution in [0.15, 0.2) is 0 Å². The largest absolute Gasteiger partial charge is 0.317 e. The van der Waals surface area contributed by atoms with Crippen molar-refractivity contribution in [2.45, 2.75) is 58.9 Å². The lowest BCUT2D eigenvalue weighted by molar-refractivity contribution is 0.124. The first kappa shape index (κ1) is 14.0. The zero-order valence-electron chi connectivity index (χ0n) is 11.5. The van der Waals surface area contributed by atoms with Gasteiger partial charge in [0.15, 0.2) is 0 Å². The van der Waals surface area contributed by atoms with E-state index in [1.165, 1.54) is 58.3 Å². The fraction of sp³-hybridized carbons (Fsp3) is 1.00. The van der Waals surface area contributed by atoms with Crippen LogP contribution in [-0.2, 0) is 0 Å². The van der Waals surface area contributed by atoms with Gasteiger partial charge in [0.05, 0.1) is 0 Å². The Hall–Kier alpha value is -0.0800. The molecule has 2 nitrogen and oxygen atoms in total. The van der Waals surface area contributed by atoms with Gasteiger partial charge in [0.1, 0.15) is 0 Å². The maximum Gasteiger partial charge on any atom is 0.00791 e. The highest BCUT2D eigenvalue weighted by Crippen LogP contribution is 2.21. The topological polar surface area (TPSA) is 15.3 Å². The Bertz CT molecular complexity index is 170. The van der Waals surface area contributed by atoms with Crippen molar-refractivity contribution < 1.29 is 0 Å². The highest BCUT2D eigenvalue weighted by molar-refractivity contribution is 4.76. The molecule has 16 heavy (non-hydrogen) atoms. The minimum Gasteiger partial charge on any atom is -0.317 e. The summed E-state index contributed by atoms with van der Waals surface area (Å²) in [6.07, 6.45) is 6.77. The standard InChI is InChI=1S/C14H30N2/c1-4-9-15-10-8-13(3)16-11-6-7-14(5-2)12-16/h13-15H,4-12H2,1-3H3. The molecule has 2 heteroatoms. The fourth-order valence-electron chi connectivity index (χ4n) is 2.63. The van der Waals surface area contributed by atoms with Gasteiger partial charge in [-0.1, -0.05) is 20.3 Å². The lowest BCUT2D eigenvalue weighted by Crippen LogP contribution is -2.42. The van der Waals surface area contributed by atoms with Crippen LogP contribution in [-0.4, -0.2) is 37.1 Å². The van der Waals surface area contributed by atoms with E-state index < -0.39 is 0 Å². The van der Waals surface area contributed by atoms with Gasteiger partial charge in [-0.15, -0.1) is 0 Å². The summed E-state index contributed by atoms with van der Waals surface area (Å²) in [7, 11) is 0. The third-order valence-corrected chi connectivity index (χ3v) is 3.92. The third kappa shape index (κ3) is 4.84. The van der Waals surface area contributed by atoms with Gasteiger partial charge in [0, 0.05) is 12.6 Å². The van der Waals surface area contributed by atoms with Crippen LogP contribution in [0.2, 0.25) is 0 Å². The molecule has 0 aromatic carbocycles. The van der Waals surface area contributed by atoms with E-state index in [0.717, 1.165) is 12.0 Å². The molecule has 0 amide bonds. The van der Waals surface area contributed by atoms with Crippen molar-refractivity contribution in [3.63, 3.8) is 0 Å².